The molecule has 0 aromatic heterocycles. The van der Waals surface area contributed by atoms with E-state index in [2.05, 4.69) is 5.32 Å². The summed E-state index contributed by atoms with van der Waals surface area (Å²) in [5, 5.41) is 11.3. The number of aliphatic carboxylic acids is 1. The summed E-state index contributed by atoms with van der Waals surface area (Å²) in [4.78, 5) is 34.8. The Kier molecular flexibility index (Phi) is 6.93. The van der Waals surface area contributed by atoms with Crippen molar-refractivity contribution in [2.45, 2.75) is 31.7 Å². The predicted molar refractivity (Wildman–Crippen MR) is 74.6 cm³/mol. The van der Waals surface area contributed by atoms with Crippen molar-refractivity contribution in [2.75, 3.05) is 26.8 Å². The van der Waals surface area contributed by atoms with E-state index in [1.54, 1.807) is 7.05 Å². The quantitative estimate of drug-likeness (QED) is 0.481. The van der Waals surface area contributed by atoms with Gasteiger partial charge in [0, 0.05) is 26.6 Å². The average Bonchev–Trinajstić information content (AvgIpc) is 3.22. The second-order valence-corrected chi connectivity index (χ2v) is 5.29. The van der Waals surface area contributed by atoms with E-state index in [4.69, 9.17) is 15.6 Å². The van der Waals surface area contributed by atoms with Gasteiger partial charge in [-0.2, -0.15) is 0 Å². The van der Waals surface area contributed by atoms with Crippen LogP contribution in [0.15, 0.2) is 0 Å². The first kappa shape index (κ1) is 17.2. The molecule has 8 heteroatoms. The van der Waals surface area contributed by atoms with E-state index in [0.717, 1.165) is 0 Å². The maximum Gasteiger partial charge on any atom is 0.326 e. The number of carbonyl (C=O) groups excluding carboxylic acids is 2. The van der Waals surface area contributed by atoms with Crippen LogP contribution in [0.25, 0.3) is 0 Å². The number of urea groups is 1. The van der Waals surface area contributed by atoms with E-state index in [-0.39, 0.29) is 12.8 Å². The minimum atomic E-state index is -1.19. The lowest BCUT2D eigenvalue weighted by molar-refractivity contribution is -0.139. The molecule has 1 aliphatic carbocycles. The molecule has 1 saturated carbocycles. The van der Waals surface area contributed by atoms with Crippen LogP contribution < -0.4 is 11.1 Å². The van der Waals surface area contributed by atoms with Crippen LogP contribution in [0.5, 0.6) is 0 Å². The second-order valence-electron chi connectivity index (χ2n) is 5.29. The Balaban J connectivity index is 2.25. The number of carbonyl (C=O) groups is 3. The number of ether oxygens (including phenoxy) is 1. The summed E-state index contributed by atoms with van der Waals surface area (Å²) in [5.41, 5.74) is 4.97. The van der Waals surface area contributed by atoms with Crippen LogP contribution >= 0.6 is 0 Å². The van der Waals surface area contributed by atoms with E-state index in [1.807, 2.05) is 0 Å². The van der Waals surface area contributed by atoms with E-state index in [1.165, 1.54) is 17.7 Å². The topological polar surface area (TPSA) is 122 Å². The lowest BCUT2D eigenvalue weighted by Crippen LogP contribution is -2.47. The van der Waals surface area contributed by atoms with Crippen LogP contribution in [-0.2, 0) is 14.3 Å². The predicted octanol–water partition coefficient (Wildman–Crippen LogP) is -0.227. The maximum absolute atomic E-state index is 11.8. The highest BCUT2D eigenvalue weighted by atomic mass is 16.5. The number of carboxylic acid groups (broad SMARTS) is 1. The Hall–Kier alpha value is -1.83. The highest BCUT2D eigenvalue weighted by molar-refractivity contribution is 5.83. The van der Waals surface area contributed by atoms with Crippen LogP contribution in [0, 0.1) is 5.92 Å². The second kappa shape index (κ2) is 8.46. The smallest absolute Gasteiger partial charge is 0.326 e. The number of hydrogen-bond donors (Lipinski definition) is 3. The van der Waals surface area contributed by atoms with Gasteiger partial charge in [-0.3, -0.25) is 4.79 Å². The molecule has 120 valence electrons. The fourth-order valence-electron chi connectivity index (χ4n) is 1.64. The van der Waals surface area contributed by atoms with Gasteiger partial charge in [0.25, 0.3) is 0 Å². The summed E-state index contributed by atoms with van der Waals surface area (Å²) in [6.45, 7) is 1.51. The van der Waals surface area contributed by atoms with Crippen molar-refractivity contribution in [3.8, 4) is 0 Å². The number of primary amides is 1. The number of likely N-dealkylation sites (N-methyl/N-ethyl adjacent to an activating group) is 1. The van der Waals surface area contributed by atoms with Crippen molar-refractivity contribution in [2.24, 2.45) is 11.7 Å². The van der Waals surface area contributed by atoms with Crippen molar-refractivity contribution in [3.63, 3.8) is 0 Å². The number of nitrogens with zero attached hydrogens (tertiary/aromatic N) is 1. The summed E-state index contributed by atoms with van der Waals surface area (Å²) in [6.07, 6.45) is 2.29. The van der Waals surface area contributed by atoms with Gasteiger partial charge in [-0.05, 0) is 25.2 Å². The zero-order chi connectivity index (χ0) is 15.8. The molecule has 1 atom stereocenters. The summed E-state index contributed by atoms with van der Waals surface area (Å²) in [7, 11) is 1.56. The molecule has 0 aromatic carbocycles. The molecule has 8 nitrogen and oxygen atoms in total. The van der Waals surface area contributed by atoms with Crippen molar-refractivity contribution >= 4 is 17.9 Å². The van der Waals surface area contributed by atoms with Crippen molar-refractivity contribution in [1.29, 1.82) is 0 Å². The fraction of sp³-hybridized carbons (Fsp3) is 0.769. The minimum absolute atomic E-state index is 0.0254. The third-order valence-corrected chi connectivity index (χ3v) is 3.24. The van der Waals surface area contributed by atoms with Crippen LogP contribution in [-0.4, -0.2) is 60.8 Å². The van der Waals surface area contributed by atoms with E-state index in [0.29, 0.717) is 25.7 Å². The number of hydrogen-bond acceptors (Lipinski definition) is 4. The van der Waals surface area contributed by atoms with Gasteiger partial charge in [0.05, 0.1) is 6.61 Å². The average molecular weight is 301 g/mol. The summed E-state index contributed by atoms with van der Waals surface area (Å²) >= 11 is 0. The minimum Gasteiger partial charge on any atom is -0.480 e. The summed E-state index contributed by atoms with van der Waals surface area (Å²) in [5.74, 6) is -1.13. The van der Waals surface area contributed by atoms with Crippen LogP contribution in [0.2, 0.25) is 0 Å². The van der Waals surface area contributed by atoms with E-state index < -0.39 is 23.9 Å². The molecular weight excluding hydrogens is 278 g/mol. The highest BCUT2D eigenvalue weighted by Gasteiger charge is 2.23. The molecule has 0 saturated heterocycles. The molecule has 0 aromatic rings. The van der Waals surface area contributed by atoms with E-state index in [9.17, 15) is 14.4 Å². The first-order valence-corrected chi connectivity index (χ1v) is 7.00. The largest absolute Gasteiger partial charge is 0.480 e. The molecule has 4 N–H and O–H groups in total. The molecule has 0 spiro atoms. The lowest BCUT2D eigenvalue weighted by atomic mass is 10.1. The molecule has 1 fully saturated rings. The Bertz CT molecular complexity index is 384. The van der Waals surface area contributed by atoms with Crippen LogP contribution in [0.4, 0.5) is 4.79 Å². The van der Waals surface area contributed by atoms with Gasteiger partial charge in [-0.15, -0.1) is 0 Å². The van der Waals surface area contributed by atoms with E-state index >= 15 is 0 Å². The third kappa shape index (κ3) is 7.50. The molecule has 0 unspecified atom stereocenters. The third-order valence-electron chi connectivity index (χ3n) is 3.24. The lowest BCUT2D eigenvalue weighted by Gasteiger charge is -2.21. The number of rotatable bonds is 10. The molecule has 1 aliphatic rings. The first-order chi connectivity index (χ1) is 9.90. The Morgan fingerprint density at radius 1 is 1.43 bits per heavy atom. The zero-order valence-corrected chi connectivity index (χ0v) is 12.2. The Morgan fingerprint density at radius 2 is 2.10 bits per heavy atom. The van der Waals surface area contributed by atoms with Crippen molar-refractivity contribution < 1.29 is 24.2 Å². The molecule has 0 bridgehead atoms. The number of amides is 3. The molecule has 1 rings (SSSR count). The highest BCUT2D eigenvalue weighted by Crippen LogP contribution is 2.28. The Morgan fingerprint density at radius 3 is 2.62 bits per heavy atom. The number of nitrogens with two attached hydrogens (primary N) is 1. The van der Waals surface area contributed by atoms with Gasteiger partial charge in [-0.25, -0.2) is 9.59 Å². The maximum atomic E-state index is 11.8. The van der Waals surface area contributed by atoms with Gasteiger partial charge in [-0.1, -0.05) is 0 Å². The van der Waals surface area contributed by atoms with Crippen LogP contribution in [0.3, 0.4) is 0 Å². The first-order valence-electron chi connectivity index (χ1n) is 7.00. The normalized spacial score (nSPS) is 15.3. The van der Waals surface area contributed by atoms with Crippen molar-refractivity contribution in [3.05, 3.63) is 0 Å². The molecule has 0 radical (unpaired) electrons. The number of carboxylic acids is 1. The summed E-state index contributed by atoms with van der Waals surface area (Å²) < 4.78 is 5.41. The molecule has 0 heterocycles. The summed E-state index contributed by atoms with van der Waals surface area (Å²) in [6, 6.07) is -1.64. The van der Waals surface area contributed by atoms with Crippen molar-refractivity contribution in [1.82, 2.24) is 10.2 Å². The molecule has 3 amide bonds. The zero-order valence-electron chi connectivity index (χ0n) is 12.2. The molecule has 21 heavy (non-hydrogen) atoms. The van der Waals surface area contributed by atoms with Gasteiger partial charge < -0.3 is 25.8 Å². The van der Waals surface area contributed by atoms with Crippen LogP contribution in [0.1, 0.15) is 25.7 Å². The SMILES string of the molecule is CN(CCOCC1CC1)C(=O)N[C@@H](CCC(N)=O)C(=O)O. The molecule has 0 aliphatic heterocycles. The van der Waals surface area contributed by atoms with Gasteiger partial charge in [0.2, 0.25) is 5.91 Å². The fourth-order valence-corrected chi connectivity index (χ4v) is 1.64. The molecular formula is C13H23N3O5. The van der Waals surface area contributed by atoms with Gasteiger partial charge in [0.1, 0.15) is 6.04 Å². The number of nitrogens with one attached hydrogen (secondary N) is 1. The van der Waals surface area contributed by atoms with Gasteiger partial charge >= 0.3 is 12.0 Å². The Labute approximate surface area is 123 Å². The monoisotopic (exact) mass is 301 g/mol. The standard InChI is InChI=1S/C13H23N3O5/c1-16(6-7-21-8-9-2-3-9)13(20)15-10(12(18)19)4-5-11(14)17/h9-10H,2-8H2,1H3,(H2,14,17)(H,15,20)(H,18,19)/t10-/m0/s1. The van der Waals surface area contributed by atoms with Gasteiger partial charge in [0.15, 0.2) is 0 Å².